The minimum atomic E-state index is -0.548. The number of nitrogens with one attached hydrogen (secondary N) is 1. The Balaban J connectivity index is 1.66. The number of nitrogens with two attached hydrogens (primary N) is 1. The van der Waals surface area contributed by atoms with Gasteiger partial charge in [-0.1, -0.05) is 54.9 Å². The van der Waals surface area contributed by atoms with Crippen molar-refractivity contribution in [2.75, 3.05) is 18.2 Å². The predicted octanol–water partition coefficient (Wildman–Crippen LogP) is 5.19. The van der Waals surface area contributed by atoms with Gasteiger partial charge in [-0.25, -0.2) is 4.68 Å². The van der Waals surface area contributed by atoms with E-state index in [2.05, 4.69) is 22.3 Å². The van der Waals surface area contributed by atoms with Gasteiger partial charge in [0, 0.05) is 16.5 Å². The summed E-state index contributed by atoms with van der Waals surface area (Å²) in [6.45, 7) is 4.29. The van der Waals surface area contributed by atoms with Crippen LogP contribution in [0.25, 0.3) is 0 Å². The van der Waals surface area contributed by atoms with Crippen LogP contribution in [-0.4, -0.2) is 33.5 Å². The highest BCUT2D eigenvalue weighted by atomic mass is 35.5. The van der Waals surface area contributed by atoms with E-state index in [0.717, 1.165) is 29.7 Å². The number of carbonyl (C=O) groups is 1. The van der Waals surface area contributed by atoms with Crippen molar-refractivity contribution in [3.8, 4) is 11.5 Å². The zero-order valence-electron chi connectivity index (χ0n) is 19.9. The maximum atomic E-state index is 12.5. The van der Waals surface area contributed by atoms with Crippen LogP contribution in [0.3, 0.4) is 0 Å². The summed E-state index contributed by atoms with van der Waals surface area (Å²) in [6.07, 6.45) is 2.17. The van der Waals surface area contributed by atoms with Gasteiger partial charge in [0.2, 0.25) is 17.0 Å². The maximum absolute atomic E-state index is 12.5. The minimum Gasteiger partial charge on any atom is -0.493 e. The van der Waals surface area contributed by atoms with Crippen LogP contribution in [0.5, 0.6) is 11.5 Å². The number of benzene rings is 2. The predicted molar refractivity (Wildman–Crippen MR) is 138 cm³/mol. The lowest BCUT2D eigenvalue weighted by atomic mass is 9.95. The highest BCUT2D eigenvalue weighted by molar-refractivity contribution is 7.99. The topological polar surface area (TPSA) is 104 Å². The van der Waals surface area contributed by atoms with Gasteiger partial charge < -0.3 is 20.5 Å². The molecule has 1 aliphatic heterocycles. The van der Waals surface area contributed by atoms with Crippen molar-refractivity contribution >= 4 is 35.2 Å². The van der Waals surface area contributed by atoms with E-state index in [1.165, 1.54) is 0 Å². The molecular weight excluding hydrogens is 486 g/mol. The molecule has 10 heteroatoms. The van der Waals surface area contributed by atoms with Crippen molar-refractivity contribution in [3.05, 3.63) is 69.9 Å². The summed E-state index contributed by atoms with van der Waals surface area (Å²) in [6, 6.07) is 12.5. The standard InChI is InChI=1S/C25H28ClN5O3S/c1-4-5-11-35-25-29-24-28-15(2)21(23(27)32)22(31(24)30-25)17-9-10-19(20(13-17)33-3)34-14-16-7-6-8-18(26)12-16/h6-10,12-13,22H,4-5,11,14H2,1-3H3,(H2,27,32)(H,28,29,30). The van der Waals surface area contributed by atoms with Crippen LogP contribution in [0.2, 0.25) is 5.02 Å². The number of aromatic nitrogens is 3. The van der Waals surface area contributed by atoms with E-state index in [4.69, 9.17) is 26.8 Å². The number of carbonyl (C=O) groups excluding carboxylic acids is 1. The SMILES string of the molecule is CCCCSc1nc2n(n1)C(c1ccc(OCc3cccc(Cl)c3)c(OC)c1)C(C(N)=O)=C(C)N2. The van der Waals surface area contributed by atoms with Gasteiger partial charge in [-0.05, 0) is 48.7 Å². The van der Waals surface area contributed by atoms with Crippen molar-refractivity contribution in [1.29, 1.82) is 0 Å². The average molecular weight is 514 g/mol. The largest absolute Gasteiger partial charge is 0.493 e. The second-order valence-electron chi connectivity index (χ2n) is 8.12. The number of halogens is 1. The number of hydrogen-bond acceptors (Lipinski definition) is 7. The van der Waals surface area contributed by atoms with E-state index in [1.807, 2.05) is 49.4 Å². The first-order valence-corrected chi connectivity index (χ1v) is 12.7. The van der Waals surface area contributed by atoms with Crippen LogP contribution in [-0.2, 0) is 11.4 Å². The molecule has 0 radical (unpaired) electrons. The molecule has 3 aromatic rings. The Kier molecular flexibility index (Phi) is 7.87. The van der Waals surface area contributed by atoms with E-state index in [1.54, 1.807) is 23.6 Å². The molecule has 1 aliphatic rings. The van der Waals surface area contributed by atoms with Crippen LogP contribution >= 0.6 is 23.4 Å². The summed E-state index contributed by atoms with van der Waals surface area (Å²) in [5.74, 6) is 2.06. The lowest BCUT2D eigenvalue weighted by molar-refractivity contribution is -0.115. The Morgan fingerprint density at radius 2 is 2.09 bits per heavy atom. The number of methoxy groups -OCH3 is 1. The first-order valence-electron chi connectivity index (χ1n) is 11.3. The average Bonchev–Trinajstić information content (AvgIpc) is 3.24. The summed E-state index contributed by atoms with van der Waals surface area (Å²) in [4.78, 5) is 17.1. The smallest absolute Gasteiger partial charge is 0.248 e. The molecule has 184 valence electrons. The highest BCUT2D eigenvalue weighted by Gasteiger charge is 2.33. The van der Waals surface area contributed by atoms with Crippen LogP contribution in [0.4, 0.5) is 5.95 Å². The number of hydrogen-bond donors (Lipinski definition) is 2. The third-order valence-electron chi connectivity index (χ3n) is 5.61. The van der Waals surface area contributed by atoms with Crippen LogP contribution in [0.1, 0.15) is 43.9 Å². The summed E-state index contributed by atoms with van der Waals surface area (Å²) >= 11 is 7.67. The van der Waals surface area contributed by atoms with E-state index >= 15 is 0 Å². The molecule has 1 amide bonds. The molecule has 2 aromatic carbocycles. The number of unbranched alkanes of at least 4 members (excludes halogenated alkanes) is 1. The molecule has 1 unspecified atom stereocenters. The Hall–Kier alpha value is -3.17. The van der Waals surface area contributed by atoms with Gasteiger partial charge in [0.1, 0.15) is 12.6 Å². The Morgan fingerprint density at radius 3 is 2.80 bits per heavy atom. The number of amides is 1. The zero-order chi connectivity index (χ0) is 24.9. The van der Waals surface area contributed by atoms with E-state index < -0.39 is 11.9 Å². The minimum absolute atomic E-state index is 0.334. The monoisotopic (exact) mass is 513 g/mol. The summed E-state index contributed by atoms with van der Waals surface area (Å²) in [5, 5.41) is 9.16. The lowest BCUT2D eigenvalue weighted by Gasteiger charge is -2.28. The Morgan fingerprint density at radius 1 is 1.26 bits per heavy atom. The molecule has 3 N–H and O–H groups in total. The Labute approximate surface area is 213 Å². The summed E-state index contributed by atoms with van der Waals surface area (Å²) in [5.41, 5.74) is 8.59. The number of rotatable bonds is 10. The van der Waals surface area contributed by atoms with Crippen LogP contribution in [0, 0.1) is 0 Å². The second kappa shape index (κ2) is 11.0. The zero-order valence-corrected chi connectivity index (χ0v) is 21.4. The molecule has 0 bridgehead atoms. The van der Waals surface area contributed by atoms with Gasteiger partial charge in [-0.15, -0.1) is 5.10 Å². The number of thioether (sulfide) groups is 1. The normalized spacial score (nSPS) is 14.9. The number of ether oxygens (including phenoxy) is 2. The van der Waals surface area contributed by atoms with Gasteiger partial charge in [-0.2, -0.15) is 4.98 Å². The van der Waals surface area contributed by atoms with E-state index in [0.29, 0.717) is 45.5 Å². The number of fused-ring (bicyclic) bond motifs is 1. The van der Waals surface area contributed by atoms with Gasteiger partial charge in [0.05, 0.1) is 12.7 Å². The van der Waals surface area contributed by atoms with Crippen LogP contribution < -0.4 is 20.5 Å². The molecule has 2 heterocycles. The lowest BCUT2D eigenvalue weighted by Crippen LogP contribution is -2.31. The van der Waals surface area contributed by atoms with Crippen molar-refractivity contribution in [2.24, 2.45) is 5.73 Å². The maximum Gasteiger partial charge on any atom is 0.248 e. The third-order valence-corrected chi connectivity index (χ3v) is 6.77. The van der Waals surface area contributed by atoms with E-state index in [9.17, 15) is 4.79 Å². The molecule has 8 nitrogen and oxygen atoms in total. The number of allylic oxidation sites excluding steroid dienone is 1. The van der Waals surface area contributed by atoms with Crippen molar-refractivity contribution < 1.29 is 14.3 Å². The molecule has 0 aliphatic carbocycles. The highest BCUT2D eigenvalue weighted by Crippen LogP contribution is 2.39. The van der Waals surface area contributed by atoms with Crippen LogP contribution in [0.15, 0.2) is 58.9 Å². The fourth-order valence-electron chi connectivity index (χ4n) is 3.89. The van der Waals surface area contributed by atoms with Crippen molar-refractivity contribution in [2.45, 2.75) is 44.5 Å². The summed E-state index contributed by atoms with van der Waals surface area (Å²) < 4.78 is 13.3. The van der Waals surface area contributed by atoms with Gasteiger partial charge >= 0.3 is 0 Å². The first-order chi connectivity index (χ1) is 16.9. The van der Waals surface area contributed by atoms with Crippen molar-refractivity contribution in [3.63, 3.8) is 0 Å². The molecule has 4 rings (SSSR count). The molecule has 0 fully saturated rings. The quantitative estimate of drug-likeness (QED) is 0.284. The molecule has 0 saturated carbocycles. The van der Waals surface area contributed by atoms with E-state index in [-0.39, 0.29) is 0 Å². The number of nitrogens with zero attached hydrogens (tertiary/aromatic N) is 3. The summed E-state index contributed by atoms with van der Waals surface area (Å²) in [7, 11) is 1.58. The fraction of sp³-hybridized carbons (Fsp3) is 0.320. The second-order valence-corrected chi connectivity index (χ2v) is 9.62. The Bertz CT molecular complexity index is 1260. The number of anilines is 1. The number of primary amides is 1. The molecule has 1 aromatic heterocycles. The molecule has 0 spiro atoms. The molecule has 1 atom stereocenters. The molecule has 35 heavy (non-hydrogen) atoms. The third kappa shape index (κ3) is 5.57. The van der Waals surface area contributed by atoms with Gasteiger partial charge in [-0.3, -0.25) is 4.79 Å². The van der Waals surface area contributed by atoms with Crippen molar-refractivity contribution in [1.82, 2.24) is 14.8 Å². The fourth-order valence-corrected chi connectivity index (χ4v) is 5.01. The molecule has 0 saturated heterocycles. The molecular formula is C25H28ClN5O3S. The first kappa shape index (κ1) is 24.9. The van der Waals surface area contributed by atoms with Gasteiger partial charge in [0.25, 0.3) is 0 Å². The van der Waals surface area contributed by atoms with Gasteiger partial charge in [0.15, 0.2) is 11.5 Å².